The Morgan fingerprint density at radius 2 is 1.82 bits per heavy atom. The average molecular weight is 508 g/mol. The molecule has 0 saturated heterocycles. The molecule has 34 heavy (non-hydrogen) atoms. The second-order valence-corrected chi connectivity index (χ2v) is 8.64. The monoisotopic (exact) mass is 507 g/mol. The summed E-state index contributed by atoms with van der Waals surface area (Å²) >= 11 is 7.67. The van der Waals surface area contributed by atoms with Crippen LogP contribution in [-0.4, -0.2) is 31.3 Å². The van der Waals surface area contributed by atoms with Crippen molar-refractivity contribution in [3.05, 3.63) is 64.9 Å². The van der Waals surface area contributed by atoms with E-state index >= 15 is 0 Å². The molecule has 2 aromatic heterocycles. The number of benzene rings is 2. The molecule has 176 valence electrons. The number of para-hydroxylation sites is 1. The van der Waals surface area contributed by atoms with Crippen molar-refractivity contribution in [3.8, 4) is 28.6 Å². The van der Waals surface area contributed by atoms with Crippen molar-refractivity contribution < 1.29 is 22.6 Å². The van der Waals surface area contributed by atoms with Crippen LogP contribution in [0.25, 0.3) is 17.1 Å². The van der Waals surface area contributed by atoms with E-state index in [1.165, 1.54) is 18.0 Å². The van der Waals surface area contributed by atoms with Gasteiger partial charge in [0.15, 0.2) is 28.2 Å². The molecular formula is C22H17ClF3N5O2S. The van der Waals surface area contributed by atoms with E-state index in [1.807, 2.05) is 6.92 Å². The van der Waals surface area contributed by atoms with Gasteiger partial charge in [0.25, 0.3) is 0 Å². The summed E-state index contributed by atoms with van der Waals surface area (Å²) in [6, 6.07) is 11.6. The van der Waals surface area contributed by atoms with E-state index in [9.17, 15) is 13.2 Å². The highest BCUT2D eigenvalue weighted by molar-refractivity contribution is 7.98. The maximum Gasteiger partial charge on any atom is 0.434 e. The van der Waals surface area contributed by atoms with Crippen LogP contribution in [0.2, 0.25) is 5.02 Å². The van der Waals surface area contributed by atoms with Crippen molar-refractivity contribution in [2.75, 3.05) is 6.79 Å². The Bertz CT molecular complexity index is 1340. The van der Waals surface area contributed by atoms with Gasteiger partial charge in [0.05, 0.1) is 17.4 Å². The maximum absolute atomic E-state index is 14.1. The third-order valence-electron chi connectivity index (χ3n) is 5.21. The number of alkyl halides is 3. The van der Waals surface area contributed by atoms with Crippen LogP contribution in [0.15, 0.2) is 53.8 Å². The first-order valence-corrected chi connectivity index (χ1v) is 11.6. The van der Waals surface area contributed by atoms with Crippen LogP contribution in [0.1, 0.15) is 18.2 Å². The molecule has 0 aliphatic carbocycles. The lowest BCUT2D eigenvalue weighted by atomic mass is 10.2. The Balaban J connectivity index is 1.49. The van der Waals surface area contributed by atoms with Crippen LogP contribution >= 0.6 is 23.4 Å². The van der Waals surface area contributed by atoms with Crippen molar-refractivity contribution in [1.82, 2.24) is 24.5 Å². The lowest BCUT2D eigenvalue weighted by molar-refractivity contribution is -0.142. The van der Waals surface area contributed by atoms with Crippen LogP contribution in [0, 0.1) is 0 Å². The number of hydrogen-bond acceptors (Lipinski definition) is 6. The van der Waals surface area contributed by atoms with Crippen LogP contribution in [0.4, 0.5) is 13.2 Å². The number of nitrogens with zero attached hydrogens (tertiary/aromatic N) is 5. The van der Waals surface area contributed by atoms with Crippen molar-refractivity contribution in [2.45, 2.75) is 30.6 Å². The molecule has 0 atom stereocenters. The molecule has 1 aliphatic heterocycles. The molecule has 7 nitrogen and oxygen atoms in total. The number of thioether (sulfide) groups is 1. The number of hydrogen-bond donors (Lipinski definition) is 0. The molecule has 0 unspecified atom stereocenters. The highest BCUT2D eigenvalue weighted by Crippen LogP contribution is 2.40. The van der Waals surface area contributed by atoms with Crippen molar-refractivity contribution >= 4 is 23.4 Å². The minimum absolute atomic E-state index is 0.0938. The molecular weight excluding hydrogens is 491 g/mol. The highest BCUT2D eigenvalue weighted by Gasteiger charge is 2.40. The lowest BCUT2D eigenvalue weighted by Crippen LogP contribution is -2.15. The minimum Gasteiger partial charge on any atom is -0.454 e. The van der Waals surface area contributed by atoms with Crippen molar-refractivity contribution in [2.24, 2.45) is 0 Å². The normalized spacial score (nSPS) is 13.0. The molecule has 3 heterocycles. The van der Waals surface area contributed by atoms with Gasteiger partial charge < -0.3 is 14.0 Å². The second kappa shape index (κ2) is 8.88. The number of aromatic nitrogens is 5. The van der Waals surface area contributed by atoms with Crippen molar-refractivity contribution in [1.29, 1.82) is 0 Å². The SMILES string of the molecule is CCn1c(SCc2cc3c(cc2Cl)OCO3)nnc1-c1cnn(-c2ccccc2)c1C(F)(F)F. The van der Waals surface area contributed by atoms with Gasteiger partial charge in [0, 0.05) is 23.4 Å². The van der Waals surface area contributed by atoms with E-state index in [-0.39, 0.29) is 18.2 Å². The van der Waals surface area contributed by atoms with E-state index in [0.717, 1.165) is 10.2 Å². The Morgan fingerprint density at radius 3 is 2.53 bits per heavy atom. The Labute approximate surface area is 201 Å². The molecule has 0 fully saturated rings. The quantitative estimate of drug-likeness (QED) is 0.305. The molecule has 0 N–H and O–H groups in total. The number of halogens is 4. The van der Waals surface area contributed by atoms with Gasteiger partial charge >= 0.3 is 6.18 Å². The predicted molar refractivity (Wildman–Crippen MR) is 120 cm³/mol. The van der Waals surface area contributed by atoms with Gasteiger partial charge in [-0.25, -0.2) is 4.68 Å². The fraction of sp³-hybridized carbons (Fsp3) is 0.227. The molecule has 0 spiro atoms. The minimum atomic E-state index is -4.65. The van der Waals surface area contributed by atoms with Crippen LogP contribution in [0.3, 0.4) is 0 Å². The molecule has 0 bridgehead atoms. The largest absolute Gasteiger partial charge is 0.454 e. The molecule has 12 heteroatoms. The van der Waals surface area contributed by atoms with Crippen molar-refractivity contribution in [3.63, 3.8) is 0 Å². The van der Waals surface area contributed by atoms with E-state index in [1.54, 1.807) is 47.0 Å². The number of fused-ring (bicyclic) bond motifs is 1. The summed E-state index contributed by atoms with van der Waals surface area (Å²) in [4.78, 5) is 0. The van der Waals surface area contributed by atoms with Gasteiger partial charge in [-0.2, -0.15) is 18.3 Å². The summed E-state index contributed by atoms with van der Waals surface area (Å²) in [6.45, 7) is 2.32. The van der Waals surface area contributed by atoms with Gasteiger partial charge in [-0.15, -0.1) is 10.2 Å². The topological polar surface area (TPSA) is 67.0 Å². The standard InChI is InChI=1S/C22H17ClF3N5O2S/c1-2-30-20(15-10-27-31(19(15)22(24,25)26)14-6-4-3-5-7-14)28-29-21(30)34-11-13-8-17-18(9-16(13)23)33-12-32-17/h3-10H,2,11-12H2,1H3. The van der Waals surface area contributed by atoms with Gasteiger partial charge in [-0.1, -0.05) is 41.6 Å². The Kier molecular flexibility index (Phi) is 5.90. The lowest BCUT2D eigenvalue weighted by Gasteiger charge is -2.13. The van der Waals surface area contributed by atoms with Crippen LogP contribution in [0.5, 0.6) is 11.5 Å². The Morgan fingerprint density at radius 1 is 1.09 bits per heavy atom. The summed E-state index contributed by atoms with van der Waals surface area (Å²) in [5, 5.41) is 13.2. The van der Waals surface area contributed by atoms with E-state index < -0.39 is 11.9 Å². The predicted octanol–water partition coefficient (Wildman–Crippen LogP) is 5.84. The Hall–Kier alpha value is -3.18. The molecule has 5 rings (SSSR count). The fourth-order valence-electron chi connectivity index (χ4n) is 3.64. The zero-order valence-electron chi connectivity index (χ0n) is 17.7. The summed E-state index contributed by atoms with van der Waals surface area (Å²) < 4.78 is 55.6. The second-order valence-electron chi connectivity index (χ2n) is 7.29. The maximum atomic E-state index is 14.1. The van der Waals surface area contributed by atoms with E-state index in [2.05, 4.69) is 15.3 Å². The summed E-state index contributed by atoms with van der Waals surface area (Å²) in [5.74, 6) is 1.69. The first-order chi connectivity index (χ1) is 16.4. The van der Waals surface area contributed by atoms with Crippen LogP contribution < -0.4 is 9.47 Å². The van der Waals surface area contributed by atoms with Gasteiger partial charge in [-0.3, -0.25) is 0 Å². The zero-order chi connectivity index (χ0) is 23.9. The third-order valence-corrected chi connectivity index (χ3v) is 6.58. The molecule has 4 aromatic rings. The third kappa shape index (κ3) is 4.09. The summed E-state index contributed by atoms with van der Waals surface area (Å²) in [6.07, 6.45) is -3.48. The van der Waals surface area contributed by atoms with Gasteiger partial charge in [-0.05, 0) is 30.7 Å². The fourth-order valence-corrected chi connectivity index (χ4v) is 4.93. The molecule has 0 radical (unpaired) electrons. The first-order valence-electron chi connectivity index (χ1n) is 10.2. The summed E-state index contributed by atoms with van der Waals surface area (Å²) in [5.41, 5.74) is 0.0431. The first kappa shape index (κ1) is 22.6. The summed E-state index contributed by atoms with van der Waals surface area (Å²) in [7, 11) is 0. The zero-order valence-corrected chi connectivity index (χ0v) is 19.3. The molecule has 0 saturated carbocycles. The van der Waals surface area contributed by atoms with E-state index in [4.69, 9.17) is 21.1 Å². The van der Waals surface area contributed by atoms with Gasteiger partial charge in [0.2, 0.25) is 6.79 Å². The molecule has 0 amide bonds. The van der Waals surface area contributed by atoms with Gasteiger partial charge in [0.1, 0.15) is 0 Å². The molecule has 2 aromatic carbocycles. The smallest absolute Gasteiger partial charge is 0.434 e. The number of rotatable bonds is 6. The highest BCUT2D eigenvalue weighted by atomic mass is 35.5. The number of ether oxygens (including phenoxy) is 2. The van der Waals surface area contributed by atoms with Crippen LogP contribution in [-0.2, 0) is 18.5 Å². The average Bonchev–Trinajstić information content (AvgIpc) is 3.54. The van der Waals surface area contributed by atoms with E-state index in [0.29, 0.717) is 39.7 Å². The molecule has 1 aliphatic rings.